The van der Waals surface area contributed by atoms with Gasteiger partial charge in [-0.1, -0.05) is 39.7 Å². The molecule has 1 unspecified atom stereocenters. The van der Waals surface area contributed by atoms with Gasteiger partial charge in [-0.3, -0.25) is 0 Å². The fourth-order valence-electron chi connectivity index (χ4n) is 1.43. The maximum absolute atomic E-state index is 10.2. The van der Waals surface area contributed by atoms with Crippen LogP contribution in [0, 0.1) is 0 Å². The lowest BCUT2D eigenvalue weighted by Crippen LogP contribution is -2.17. The van der Waals surface area contributed by atoms with Crippen molar-refractivity contribution in [1.82, 2.24) is 0 Å². The molecule has 0 saturated heterocycles. The molecule has 0 bridgehead atoms. The highest BCUT2D eigenvalue weighted by molar-refractivity contribution is 9.10. The van der Waals surface area contributed by atoms with Crippen LogP contribution in [0.25, 0.3) is 0 Å². The number of hydrogen-bond acceptors (Lipinski definition) is 1. The zero-order valence-electron chi connectivity index (χ0n) is 8.71. The molecule has 0 radical (unpaired) electrons. The summed E-state index contributed by atoms with van der Waals surface area (Å²) in [7, 11) is 0. The summed E-state index contributed by atoms with van der Waals surface area (Å²) in [5.74, 6) is 0. The molecule has 0 aliphatic carbocycles. The molecule has 76 valence electrons. The fourth-order valence-corrected chi connectivity index (χ4v) is 1.70. The Kier molecular flexibility index (Phi) is 3.51. The Morgan fingerprint density at radius 2 is 1.79 bits per heavy atom. The third-order valence-corrected chi connectivity index (χ3v) is 2.53. The molecule has 1 nitrogen and oxygen atoms in total. The molecule has 0 aromatic heterocycles. The first-order valence-electron chi connectivity index (χ1n) is 4.56. The minimum absolute atomic E-state index is 0.875. The topological polar surface area (TPSA) is 20.2 Å². The molecular formula is C12H15BrO. The molecule has 1 aromatic carbocycles. The Morgan fingerprint density at radius 1 is 1.29 bits per heavy atom. The van der Waals surface area contributed by atoms with E-state index in [2.05, 4.69) is 15.9 Å². The van der Waals surface area contributed by atoms with Gasteiger partial charge in [-0.25, -0.2) is 0 Å². The molecule has 1 atom stereocenters. The lowest BCUT2D eigenvalue weighted by Gasteiger charge is -2.20. The maximum Gasteiger partial charge on any atom is 0.105 e. The first-order valence-corrected chi connectivity index (χ1v) is 5.35. The second-order valence-corrected chi connectivity index (χ2v) is 4.79. The molecule has 0 amide bonds. The van der Waals surface area contributed by atoms with Crippen LogP contribution in [0.1, 0.15) is 26.3 Å². The van der Waals surface area contributed by atoms with Crippen molar-refractivity contribution < 1.29 is 5.11 Å². The monoisotopic (exact) mass is 254 g/mol. The van der Waals surface area contributed by atoms with Crippen molar-refractivity contribution in [2.75, 3.05) is 0 Å². The largest absolute Gasteiger partial charge is 0.381 e. The summed E-state index contributed by atoms with van der Waals surface area (Å²) in [6, 6.07) is 7.71. The van der Waals surface area contributed by atoms with E-state index in [-0.39, 0.29) is 0 Å². The Morgan fingerprint density at radius 3 is 2.21 bits per heavy atom. The van der Waals surface area contributed by atoms with Crippen LogP contribution in [0.2, 0.25) is 0 Å². The smallest absolute Gasteiger partial charge is 0.105 e. The second-order valence-electron chi connectivity index (χ2n) is 3.88. The highest BCUT2D eigenvalue weighted by atomic mass is 79.9. The quantitative estimate of drug-likeness (QED) is 0.800. The van der Waals surface area contributed by atoms with E-state index in [0.29, 0.717) is 0 Å². The second kappa shape index (κ2) is 4.28. The van der Waals surface area contributed by atoms with E-state index in [0.717, 1.165) is 15.6 Å². The van der Waals surface area contributed by atoms with Crippen LogP contribution in [0.15, 0.2) is 40.4 Å². The Bertz CT molecular complexity index is 332. The lowest BCUT2D eigenvalue weighted by atomic mass is 9.94. The molecule has 14 heavy (non-hydrogen) atoms. The van der Waals surface area contributed by atoms with E-state index in [9.17, 15) is 5.11 Å². The summed E-state index contributed by atoms with van der Waals surface area (Å²) in [5.41, 5.74) is 1.14. The standard InChI is InChI=1S/C12H15BrO/c1-9(2)8-12(3,14)10-4-6-11(13)7-5-10/h4-8,14H,1-3H3. The van der Waals surface area contributed by atoms with Crippen LogP contribution < -0.4 is 0 Å². The van der Waals surface area contributed by atoms with Gasteiger partial charge in [0.05, 0.1) is 0 Å². The molecule has 1 N–H and O–H groups in total. The normalized spacial score (nSPS) is 14.6. The van der Waals surface area contributed by atoms with E-state index in [1.165, 1.54) is 0 Å². The van der Waals surface area contributed by atoms with Gasteiger partial charge in [-0.05, 0) is 38.5 Å². The minimum Gasteiger partial charge on any atom is -0.381 e. The van der Waals surface area contributed by atoms with Crippen molar-refractivity contribution in [3.8, 4) is 0 Å². The first-order chi connectivity index (χ1) is 6.42. The van der Waals surface area contributed by atoms with Gasteiger partial charge < -0.3 is 5.11 Å². The Labute approximate surface area is 93.6 Å². The van der Waals surface area contributed by atoms with Crippen molar-refractivity contribution in [3.05, 3.63) is 46.0 Å². The SMILES string of the molecule is CC(C)=CC(C)(O)c1ccc(Br)cc1. The van der Waals surface area contributed by atoms with Gasteiger partial charge in [-0.2, -0.15) is 0 Å². The van der Waals surface area contributed by atoms with Crippen LogP contribution >= 0.6 is 15.9 Å². The molecule has 0 fully saturated rings. The number of halogens is 1. The average Bonchev–Trinajstić information content (AvgIpc) is 2.02. The highest BCUT2D eigenvalue weighted by Crippen LogP contribution is 2.24. The molecule has 0 spiro atoms. The van der Waals surface area contributed by atoms with Crippen LogP contribution in [0.4, 0.5) is 0 Å². The number of benzene rings is 1. The molecule has 0 aliphatic rings. The van der Waals surface area contributed by atoms with Crippen molar-refractivity contribution in [3.63, 3.8) is 0 Å². The van der Waals surface area contributed by atoms with Crippen LogP contribution in [-0.2, 0) is 5.60 Å². The van der Waals surface area contributed by atoms with Gasteiger partial charge in [0.1, 0.15) is 5.60 Å². The van der Waals surface area contributed by atoms with Gasteiger partial charge in [0.15, 0.2) is 0 Å². The fraction of sp³-hybridized carbons (Fsp3) is 0.333. The summed E-state index contributed by atoms with van der Waals surface area (Å²) in [4.78, 5) is 0. The third kappa shape index (κ3) is 2.96. The summed E-state index contributed by atoms with van der Waals surface area (Å²) in [6.07, 6.45) is 1.86. The Balaban J connectivity index is 3.04. The first kappa shape index (κ1) is 11.5. The zero-order valence-corrected chi connectivity index (χ0v) is 10.3. The number of rotatable bonds is 2. The van der Waals surface area contributed by atoms with E-state index in [1.54, 1.807) is 6.92 Å². The molecule has 0 aliphatic heterocycles. The van der Waals surface area contributed by atoms with Crippen LogP contribution in [0.3, 0.4) is 0 Å². The van der Waals surface area contributed by atoms with E-state index in [4.69, 9.17) is 0 Å². The van der Waals surface area contributed by atoms with Crippen molar-refractivity contribution >= 4 is 15.9 Å². The van der Waals surface area contributed by atoms with Gasteiger partial charge >= 0.3 is 0 Å². The number of allylic oxidation sites excluding steroid dienone is 1. The van der Waals surface area contributed by atoms with E-state index >= 15 is 0 Å². The predicted molar refractivity (Wildman–Crippen MR) is 63.1 cm³/mol. The van der Waals surface area contributed by atoms with E-state index in [1.807, 2.05) is 44.2 Å². The van der Waals surface area contributed by atoms with Gasteiger partial charge in [0.2, 0.25) is 0 Å². The molecule has 0 heterocycles. The summed E-state index contributed by atoms with van der Waals surface area (Å²) < 4.78 is 1.02. The summed E-state index contributed by atoms with van der Waals surface area (Å²) >= 11 is 3.37. The van der Waals surface area contributed by atoms with Crippen molar-refractivity contribution in [2.24, 2.45) is 0 Å². The van der Waals surface area contributed by atoms with Crippen LogP contribution in [0.5, 0.6) is 0 Å². The number of hydrogen-bond donors (Lipinski definition) is 1. The minimum atomic E-state index is -0.875. The van der Waals surface area contributed by atoms with Crippen molar-refractivity contribution in [1.29, 1.82) is 0 Å². The van der Waals surface area contributed by atoms with E-state index < -0.39 is 5.60 Å². The number of aliphatic hydroxyl groups is 1. The third-order valence-electron chi connectivity index (χ3n) is 2.00. The lowest BCUT2D eigenvalue weighted by molar-refractivity contribution is 0.110. The predicted octanol–water partition coefficient (Wildman–Crippen LogP) is 3.62. The van der Waals surface area contributed by atoms with Gasteiger partial charge in [-0.15, -0.1) is 0 Å². The van der Waals surface area contributed by atoms with Gasteiger partial charge in [0.25, 0.3) is 0 Å². The maximum atomic E-state index is 10.2. The summed E-state index contributed by atoms with van der Waals surface area (Å²) in [5, 5.41) is 10.2. The Hall–Kier alpha value is -0.600. The van der Waals surface area contributed by atoms with Crippen LogP contribution in [-0.4, -0.2) is 5.11 Å². The molecule has 1 aromatic rings. The molecular weight excluding hydrogens is 240 g/mol. The van der Waals surface area contributed by atoms with Gasteiger partial charge in [0, 0.05) is 4.47 Å². The molecule has 0 saturated carbocycles. The average molecular weight is 255 g/mol. The molecule has 2 heteroatoms. The summed E-state index contributed by atoms with van der Waals surface area (Å²) in [6.45, 7) is 5.75. The zero-order chi connectivity index (χ0) is 10.8. The highest BCUT2D eigenvalue weighted by Gasteiger charge is 2.19. The van der Waals surface area contributed by atoms with Crippen molar-refractivity contribution in [2.45, 2.75) is 26.4 Å². The molecule has 1 rings (SSSR count).